The Bertz CT molecular complexity index is 283. The summed E-state index contributed by atoms with van der Waals surface area (Å²) < 4.78 is 5.38. The molecular weight excluding hydrogens is 180 g/mol. The van der Waals surface area contributed by atoms with Gasteiger partial charge in [-0.1, -0.05) is 6.42 Å². The van der Waals surface area contributed by atoms with Crippen LogP contribution in [-0.4, -0.2) is 20.9 Å². The molecule has 76 valence electrons. The monoisotopic (exact) mass is 194 g/mol. The fraction of sp³-hybridized carbons (Fsp3) is 0.600. The van der Waals surface area contributed by atoms with E-state index in [9.17, 15) is 5.11 Å². The first-order chi connectivity index (χ1) is 6.79. The van der Waals surface area contributed by atoms with Crippen molar-refractivity contribution < 1.29 is 9.84 Å². The van der Waals surface area contributed by atoms with Crippen molar-refractivity contribution in [2.24, 2.45) is 0 Å². The van der Waals surface area contributed by atoms with Crippen LogP contribution < -0.4 is 4.74 Å². The maximum absolute atomic E-state index is 10.0. The Labute approximate surface area is 83.0 Å². The van der Waals surface area contributed by atoms with Gasteiger partial charge >= 0.3 is 6.01 Å². The predicted molar refractivity (Wildman–Crippen MR) is 50.7 cm³/mol. The second kappa shape index (κ2) is 3.92. The lowest BCUT2D eigenvalue weighted by Gasteiger charge is -2.31. The number of rotatable bonds is 2. The van der Waals surface area contributed by atoms with E-state index in [0.717, 1.165) is 12.8 Å². The molecule has 0 bridgehead atoms. The van der Waals surface area contributed by atoms with Gasteiger partial charge in [0.25, 0.3) is 0 Å². The van der Waals surface area contributed by atoms with Crippen molar-refractivity contribution in [2.75, 3.05) is 0 Å². The Balaban J connectivity index is 2.02. The highest BCUT2D eigenvalue weighted by atomic mass is 16.6. The predicted octanol–water partition coefficient (Wildman–Crippen LogP) is 1.51. The van der Waals surface area contributed by atoms with Crippen LogP contribution in [0.5, 0.6) is 6.01 Å². The first-order valence-corrected chi connectivity index (χ1v) is 4.97. The van der Waals surface area contributed by atoms with Crippen molar-refractivity contribution in [3.63, 3.8) is 0 Å². The van der Waals surface area contributed by atoms with Gasteiger partial charge in [0.05, 0.1) is 0 Å². The summed E-state index contributed by atoms with van der Waals surface area (Å²) in [5.41, 5.74) is 0. The van der Waals surface area contributed by atoms with Crippen LogP contribution in [0.4, 0.5) is 0 Å². The zero-order chi connectivity index (χ0) is 9.86. The third kappa shape index (κ3) is 2.20. The van der Waals surface area contributed by atoms with E-state index in [1.807, 2.05) is 0 Å². The Kier molecular flexibility index (Phi) is 2.63. The average molecular weight is 194 g/mol. The number of aliphatic hydroxyl groups is 1. The lowest BCUT2D eigenvalue weighted by molar-refractivity contribution is -0.163. The zero-order valence-corrected chi connectivity index (χ0v) is 8.02. The summed E-state index contributed by atoms with van der Waals surface area (Å²) >= 11 is 0. The van der Waals surface area contributed by atoms with Crippen LogP contribution >= 0.6 is 0 Å². The van der Waals surface area contributed by atoms with E-state index in [1.54, 1.807) is 18.5 Å². The Hall–Kier alpha value is -1.16. The molecule has 0 atom stereocenters. The molecule has 0 spiro atoms. The van der Waals surface area contributed by atoms with E-state index in [-0.39, 0.29) is 6.01 Å². The standard InChI is InChI=1S/C10H14N2O2/c13-10(5-2-1-3-6-10)14-9-11-7-4-8-12-9/h4,7-8,13H,1-3,5-6H2. The SMILES string of the molecule is OC1(Oc2ncccn2)CCCCC1. The molecule has 0 amide bonds. The lowest BCUT2D eigenvalue weighted by atomic mass is 9.94. The lowest BCUT2D eigenvalue weighted by Crippen LogP contribution is -2.38. The summed E-state index contributed by atoms with van der Waals surface area (Å²) in [5.74, 6) is -1.04. The van der Waals surface area contributed by atoms with Crippen molar-refractivity contribution in [3.05, 3.63) is 18.5 Å². The van der Waals surface area contributed by atoms with Gasteiger partial charge in [0, 0.05) is 25.2 Å². The summed E-state index contributed by atoms with van der Waals surface area (Å²) in [7, 11) is 0. The third-order valence-electron chi connectivity index (χ3n) is 2.46. The van der Waals surface area contributed by atoms with Gasteiger partial charge in [-0.15, -0.1) is 0 Å². The number of ether oxygens (including phenoxy) is 1. The van der Waals surface area contributed by atoms with Gasteiger partial charge in [-0.3, -0.25) is 0 Å². The molecule has 1 aromatic rings. The second-order valence-electron chi connectivity index (χ2n) is 3.64. The second-order valence-corrected chi connectivity index (χ2v) is 3.64. The average Bonchev–Trinajstić information content (AvgIpc) is 2.19. The summed E-state index contributed by atoms with van der Waals surface area (Å²) in [6.07, 6.45) is 7.73. The van der Waals surface area contributed by atoms with E-state index in [2.05, 4.69) is 9.97 Å². The van der Waals surface area contributed by atoms with Gasteiger partial charge in [0.2, 0.25) is 5.79 Å². The molecule has 4 nitrogen and oxygen atoms in total. The molecule has 0 aromatic carbocycles. The van der Waals surface area contributed by atoms with Crippen LogP contribution in [-0.2, 0) is 0 Å². The highest BCUT2D eigenvalue weighted by Crippen LogP contribution is 2.29. The Morgan fingerprint density at radius 1 is 1.14 bits per heavy atom. The number of hydrogen-bond acceptors (Lipinski definition) is 4. The van der Waals surface area contributed by atoms with Gasteiger partial charge in [-0.05, 0) is 18.9 Å². The minimum absolute atomic E-state index is 0.261. The fourth-order valence-electron chi connectivity index (χ4n) is 1.71. The molecule has 0 saturated heterocycles. The molecule has 1 heterocycles. The van der Waals surface area contributed by atoms with Crippen molar-refractivity contribution >= 4 is 0 Å². The van der Waals surface area contributed by atoms with Gasteiger partial charge in [0.15, 0.2) is 0 Å². The van der Waals surface area contributed by atoms with Crippen LogP contribution in [0.3, 0.4) is 0 Å². The maximum atomic E-state index is 10.0. The molecule has 1 aliphatic rings. The minimum atomic E-state index is -1.04. The number of aromatic nitrogens is 2. The minimum Gasteiger partial charge on any atom is -0.431 e. The van der Waals surface area contributed by atoms with Crippen molar-refractivity contribution in [1.82, 2.24) is 9.97 Å². The van der Waals surface area contributed by atoms with Gasteiger partial charge < -0.3 is 9.84 Å². The van der Waals surface area contributed by atoms with Crippen molar-refractivity contribution in [1.29, 1.82) is 0 Å². The largest absolute Gasteiger partial charge is 0.431 e. The van der Waals surface area contributed by atoms with Crippen LogP contribution in [0.25, 0.3) is 0 Å². The van der Waals surface area contributed by atoms with E-state index in [1.165, 1.54) is 6.42 Å². The fourth-order valence-corrected chi connectivity index (χ4v) is 1.71. The molecule has 0 radical (unpaired) electrons. The Morgan fingerprint density at radius 3 is 2.43 bits per heavy atom. The molecule has 1 N–H and O–H groups in total. The van der Waals surface area contributed by atoms with E-state index in [4.69, 9.17) is 4.74 Å². The molecule has 2 rings (SSSR count). The summed E-state index contributed by atoms with van der Waals surface area (Å²) in [4.78, 5) is 7.85. The first kappa shape index (κ1) is 9.40. The van der Waals surface area contributed by atoms with Gasteiger partial charge in [-0.2, -0.15) is 0 Å². The highest BCUT2D eigenvalue weighted by molar-refractivity contribution is 4.95. The van der Waals surface area contributed by atoms with E-state index in [0.29, 0.717) is 12.8 Å². The van der Waals surface area contributed by atoms with E-state index < -0.39 is 5.79 Å². The third-order valence-corrected chi connectivity index (χ3v) is 2.46. The number of nitrogens with zero attached hydrogens (tertiary/aromatic N) is 2. The topological polar surface area (TPSA) is 55.2 Å². The molecule has 0 aliphatic heterocycles. The van der Waals surface area contributed by atoms with Crippen LogP contribution in [0, 0.1) is 0 Å². The normalized spacial score (nSPS) is 20.4. The molecule has 4 heteroatoms. The molecule has 1 aliphatic carbocycles. The molecule has 1 saturated carbocycles. The number of hydrogen-bond donors (Lipinski definition) is 1. The smallest absolute Gasteiger partial charge is 0.318 e. The van der Waals surface area contributed by atoms with Gasteiger partial charge in [-0.25, -0.2) is 9.97 Å². The first-order valence-electron chi connectivity index (χ1n) is 4.97. The quantitative estimate of drug-likeness (QED) is 0.725. The van der Waals surface area contributed by atoms with Crippen molar-refractivity contribution in [2.45, 2.75) is 37.9 Å². The molecule has 1 fully saturated rings. The Morgan fingerprint density at radius 2 is 1.79 bits per heavy atom. The maximum Gasteiger partial charge on any atom is 0.318 e. The molecule has 0 unspecified atom stereocenters. The molecular formula is C10H14N2O2. The van der Waals surface area contributed by atoms with Crippen molar-refractivity contribution in [3.8, 4) is 6.01 Å². The zero-order valence-electron chi connectivity index (χ0n) is 8.02. The summed E-state index contributed by atoms with van der Waals surface area (Å²) in [5, 5.41) is 10.0. The molecule has 14 heavy (non-hydrogen) atoms. The van der Waals surface area contributed by atoms with Crippen LogP contribution in [0.15, 0.2) is 18.5 Å². The van der Waals surface area contributed by atoms with Crippen LogP contribution in [0.2, 0.25) is 0 Å². The summed E-state index contributed by atoms with van der Waals surface area (Å²) in [6.45, 7) is 0. The van der Waals surface area contributed by atoms with Gasteiger partial charge in [0.1, 0.15) is 0 Å². The molecule has 1 aromatic heterocycles. The highest BCUT2D eigenvalue weighted by Gasteiger charge is 2.32. The van der Waals surface area contributed by atoms with Crippen LogP contribution in [0.1, 0.15) is 32.1 Å². The summed E-state index contributed by atoms with van der Waals surface area (Å²) in [6, 6.07) is 1.98. The van der Waals surface area contributed by atoms with E-state index >= 15 is 0 Å².